The zero-order valence-electron chi connectivity index (χ0n) is 37.7. The zero-order valence-corrected chi connectivity index (χ0v) is 34.0. The predicted octanol–water partition coefficient (Wildman–Crippen LogP) is 10.6. The molecule has 7 heteroatoms. The number of benzene rings is 3. The summed E-state index contributed by atoms with van der Waals surface area (Å²) in [7, 11) is 0. The van der Waals surface area contributed by atoms with Crippen molar-refractivity contribution in [2.75, 3.05) is 0 Å². The van der Waals surface area contributed by atoms with Crippen molar-refractivity contribution in [2.24, 2.45) is 16.2 Å². The average molecular weight is 889 g/mol. The summed E-state index contributed by atoms with van der Waals surface area (Å²) in [6.45, 7) is 16.7. The number of hydrogen-bond donors (Lipinski definition) is 0. The number of nitrogens with zero attached hydrogens (tertiary/aromatic N) is 5. The number of imidazole rings is 1. The number of ether oxygens (including phenoxy) is 1. The van der Waals surface area contributed by atoms with Gasteiger partial charge in [-0.05, 0) is 82.4 Å². The number of rotatable bonds is 8. The minimum atomic E-state index is -1.76. The first-order chi connectivity index (χ1) is 26.9. The van der Waals surface area contributed by atoms with E-state index in [2.05, 4.69) is 23.4 Å². The Bertz CT molecular complexity index is 2620. The maximum atomic E-state index is 9.04. The van der Waals surface area contributed by atoms with Gasteiger partial charge < -0.3 is 9.30 Å². The first kappa shape index (κ1) is 30.9. The van der Waals surface area contributed by atoms with Crippen LogP contribution in [-0.4, -0.2) is 19.1 Å². The largest absolute Gasteiger partial charge is 0.522 e. The molecule has 0 saturated carbocycles. The minimum Gasteiger partial charge on any atom is -0.522 e. The van der Waals surface area contributed by atoms with E-state index in [1.807, 2.05) is 103 Å². The van der Waals surface area contributed by atoms with Crippen LogP contribution in [0.15, 0.2) is 97.6 Å². The van der Waals surface area contributed by atoms with Gasteiger partial charge in [0.1, 0.15) is 5.82 Å². The summed E-state index contributed by atoms with van der Waals surface area (Å²) in [4.78, 5) is 9.21. The summed E-state index contributed by atoms with van der Waals surface area (Å²) in [5.74, 6) is 1.79. The molecular formula is C46H49N5OPt-2. The van der Waals surface area contributed by atoms with Crippen LogP contribution in [0.1, 0.15) is 87.2 Å². The standard InChI is InChI=1S/C46H49N5O.Pt/c1-44(2,3)28-32-16-18-48-43(25-32)51-40-13-11-10-12-38(40)39-15-14-36(26-41(39)51)52-37-17-19-47-42(27-37)50-21-20-49(31-50)35-23-33(29-45(4,5)6)22-34(24-35)30-46(7,8)9;/h10-25H,28-30H2,1-9H3;/q-2;/i28D2,29D2,30D2;. The molecule has 0 amide bonds. The van der Waals surface area contributed by atoms with Crippen LogP contribution < -0.4 is 9.30 Å². The Hall–Kier alpha value is -4.54. The van der Waals surface area contributed by atoms with Gasteiger partial charge in [-0.3, -0.25) is 14.1 Å². The van der Waals surface area contributed by atoms with E-state index in [1.165, 1.54) is 0 Å². The third-order valence-corrected chi connectivity index (χ3v) is 7.97. The van der Waals surface area contributed by atoms with Gasteiger partial charge in [0.2, 0.25) is 0 Å². The fraction of sp³-hybridized carbons (Fsp3) is 0.326. The normalized spacial score (nSPS) is 14.8. The molecule has 0 saturated heterocycles. The molecule has 3 aromatic carbocycles. The van der Waals surface area contributed by atoms with Crippen LogP contribution in [0.25, 0.3) is 39.1 Å². The Labute approximate surface area is 337 Å². The molecule has 6 nitrogen and oxygen atoms in total. The van der Waals surface area contributed by atoms with E-state index >= 15 is 0 Å². The van der Waals surface area contributed by atoms with Gasteiger partial charge in [0.05, 0.1) is 11.5 Å². The molecular weight excluding hydrogens is 834 g/mol. The van der Waals surface area contributed by atoms with Crippen molar-refractivity contribution >= 4 is 21.8 Å². The van der Waals surface area contributed by atoms with E-state index < -0.39 is 35.4 Å². The van der Waals surface area contributed by atoms with Crippen molar-refractivity contribution in [3.8, 4) is 28.8 Å². The Balaban J connectivity index is 0.00000585. The molecule has 7 rings (SSSR count). The summed E-state index contributed by atoms with van der Waals surface area (Å²) in [6, 6.07) is 28.9. The molecule has 0 spiro atoms. The number of pyridine rings is 2. The van der Waals surface area contributed by atoms with Crippen LogP contribution in [0.3, 0.4) is 0 Å². The number of hydrogen-bond acceptors (Lipinski definition) is 3. The summed E-state index contributed by atoms with van der Waals surface area (Å²) in [5, 5.41) is 1.94. The minimum absolute atomic E-state index is 0. The fourth-order valence-corrected chi connectivity index (χ4v) is 6.22. The molecule has 0 aliphatic heterocycles. The molecule has 0 fully saturated rings. The molecule has 0 atom stereocenters. The molecule has 4 heterocycles. The van der Waals surface area contributed by atoms with Crippen molar-refractivity contribution in [3.63, 3.8) is 0 Å². The monoisotopic (exact) mass is 888 g/mol. The number of aromatic nitrogens is 5. The summed E-state index contributed by atoms with van der Waals surface area (Å²) in [6.07, 6.45) is 4.91. The van der Waals surface area contributed by atoms with Crippen LogP contribution in [-0.2, 0) is 40.2 Å². The molecule has 276 valence electrons. The predicted molar refractivity (Wildman–Crippen MR) is 210 cm³/mol. The summed E-state index contributed by atoms with van der Waals surface area (Å²) >= 11 is 0. The van der Waals surface area contributed by atoms with E-state index in [4.69, 9.17) is 17.9 Å². The molecule has 0 bridgehead atoms. The van der Waals surface area contributed by atoms with Crippen LogP contribution in [0.4, 0.5) is 0 Å². The van der Waals surface area contributed by atoms with E-state index in [0.29, 0.717) is 45.5 Å². The third kappa shape index (κ3) is 9.16. The molecule has 0 unspecified atom stereocenters. The Morgan fingerprint density at radius 1 is 0.698 bits per heavy atom. The molecule has 0 aliphatic rings. The smallest absolute Gasteiger partial charge is 0.268 e. The summed E-state index contributed by atoms with van der Waals surface area (Å²) in [5.41, 5.74) is 1.36. The maximum absolute atomic E-state index is 9.04. The Kier molecular flexibility index (Phi) is 8.57. The van der Waals surface area contributed by atoms with E-state index in [0.717, 1.165) is 21.8 Å². The Morgan fingerprint density at radius 2 is 1.34 bits per heavy atom. The van der Waals surface area contributed by atoms with Crippen molar-refractivity contribution in [3.05, 3.63) is 133 Å². The quantitative estimate of drug-likeness (QED) is 0.113. The van der Waals surface area contributed by atoms with E-state index in [1.54, 1.807) is 70.3 Å². The van der Waals surface area contributed by atoms with Crippen LogP contribution >= 0.6 is 0 Å². The molecule has 0 aliphatic carbocycles. The average Bonchev–Trinajstić information content (AvgIpc) is 3.77. The second kappa shape index (κ2) is 14.7. The van der Waals surface area contributed by atoms with Gasteiger partial charge in [-0.1, -0.05) is 109 Å². The number of fused-ring (bicyclic) bond motifs is 3. The molecule has 4 aromatic heterocycles. The van der Waals surface area contributed by atoms with E-state index in [9.17, 15) is 0 Å². The first-order valence-corrected chi connectivity index (χ1v) is 17.6. The van der Waals surface area contributed by atoms with Crippen molar-refractivity contribution in [1.82, 2.24) is 19.1 Å². The van der Waals surface area contributed by atoms with E-state index in [-0.39, 0.29) is 21.1 Å². The Morgan fingerprint density at radius 3 is 2.04 bits per heavy atom. The van der Waals surface area contributed by atoms with Gasteiger partial charge in [0.25, 0.3) is 6.33 Å². The van der Waals surface area contributed by atoms with Crippen molar-refractivity contribution in [2.45, 2.75) is 81.4 Å². The van der Waals surface area contributed by atoms with Gasteiger partial charge in [0, 0.05) is 59.1 Å². The van der Waals surface area contributed by atoms with Crippen LogP contribution in [0.2, 0.25) is 0 Å². The first-order valence-electron chi connectivity index (χ1n) is 20.6. The van der Waals surface area contributed by atoms with Crippen LogP contribution in [0.5, 0.6) is 11.5 Å². The van der Waals surface area contributed by atoms with Gasteiger partial charge >= 0.3 is 0 Å². The maximum Gasteiger partial charge on any atom is 0.268 e. The van der Waals surface area contributed by atoms with Gasteiger partial charge in [0.15, 0.2) is 0 Å². The van der Waals surface area contributed by atoms with Crippen molar-refractivity contribution < 1.29 is 38.6 Å². The third-order valence-electron chi connectivity index (χ3n) is 7.97. The van der Waals surface area contributed by atoms with Gasteiger partial charge in [-0.15, -0.1) is 17.5 Å². The van der Waals surface area contributed by atoms with Crippen molar-refractivity contribution in [1.29, 1.82) is 0 Å². The van der Waals surface area contributed by atoms with Crippen LogP contribution in [0, 0.1) is 34.7 Å². The molecule has 0 N–H and O–H groups in total. The second-order valence-electron chi connectivity index (χ2n) is 16.2. The fourth-order valence-electron chi connectivity index (χ4n) is 6.22. The summed E-state index contributed by atoms with van der Waals surface area (Å²) < 4.78 is 65.7. The molecule has 53 heavy (non-hydrogen) atoms. The van der Waals surface area contributed by atoms with Gasteiger partial charge in [-0.2, -0.15) is 18.2 Å². The number of para-hydroxylation sites is 1. The van der Waals surface area contributed by atoms with Gasteiger partial charge in [-0.25, -0.2) is 4.98 Å². The topological polar surface area (TPSA) is 48.8 Å². The second-order valence-corrected chi connectivity index (χ2v) is 16.2. The molecule has 7 aromatic rings. The SMILES string of the molecule is [2H]C([2H])(c1cc(-[n+]2[c-]n(-c3[c-]c(Oc4[c-]c5c(cc4)c4ccccc4n5-c4cc(C([2H])([2H])C(C)(C)C)ccn4)ccn3)cc2)cc(C([2H])([2H])C(C)(C)C)c1)C(C)(C)C.[Pt]. The molecule has 0 radical (unpaired) electrons. The zero-order chi connectivity index (χ0) is 42.2.